The van der Waals surface area contributed by atoms with Crippen LogP contribution in [0, 0.1) is 22.3 Å². The lowest BCUT2D eigenvalue weighted by Crippen LogP contribution is -2.09. The van der Waals surface area contributed by atoms with E-state index >= 15 is 0 Å². The van der Waals surface area contributed by atoms with Crippen LogP contribution in [0.1, 0.15) is 6.92 Å². The van der Waals surface area contributed by atoms with Gasteiger partial charge in [-0.15, -0.1) is 0 Å². The minimum atomic E-state index is -0.604. The number of H-pyrrole nitrogens is 1. The molecule has 0 radical (unpaired) electrons. The number of thioether (sulfide) groups is 1. The molecule has 2 rings (SSSR count). The predicted molar refractivity (Wildman–Crippen MR) is 74.6 cm³/mol. The molecule has 98 valence electrons. The highest BCUT2D eigenvalue weighted by Crippen LogP contribution is 2.21. The fraction of sp³-hybridized carbons (Fsp3) is 0.417. The molecule has 0 saturated heterocycles. The van der Waals surface area contributed by atoms with E-state index in [4.69, 9.17) is 12.2 Å². The minimum absolute atomic E-state index is 0.276. The van der Waals surface area contributed by atoms with Crippen molar-refractivity contribution >= 4 is 35.0 Å². The molecule has 1 aromatic heterocycles. The number of hydrogen-bond acceptors (Lipinski definition) is 2. The highest BCUT2D eigenvalue weighted by atomic mass is 32.2. The number of rotatable bonds is 4. The summed E-state index contributed by atoms with van der Waals surface area (Å²) in [6.07, 6.45) is 2.03. The van der Waals surface area contributed by atoms with Crippen LogP contribution in [0.2, 0.25) is 0 Å². The summed E-state index contributed by atoms with van der Waals surface area (Å²) in [6.45, 7) is 2.75. The van der Waals surface area contributed by atoms with E-state index in [2.05, 4.69) is 11.9 Å². The molecule has 0 amide bonds. The average Bonchev–Trinajstić information content (AvgIpc) is 2.58. The molecule has 1 unspecified atom stereocenters. The zero-order valence-electron chi connectivity index (χ0n) is 10.2. The summed E-state index contributed by atoms with van der Waals surface area (Å²) in [5.41, 5.74) is 0.767. The first-order valence-electron chi connectivity index (χ1n) is 5.59. The van der Waals surface area contributed by atoms with Gasteiger partial charge in [-0.05, 0) is 36.2 Å². The minimum Gasteiger partial charge on any atom is -0.328 e. The normalized spacial score (nSPS) is 13.1. The Morgan fingerprint density at radius 2 is 2.17 bits per heavy atom. The van der Waals surface area contributed by atoms with E-state index in [9.17, 15) is 8.78 Å². The summed E-state index contributed by atoms with van der Waals surface area (Å²) in [5, 5.41) is 0. The van der Waals surface area contributed by atoms with Crippen LogP contribution in [0.5, 0.6) is 0 Å². The molecule has 0 spiro atoms. The predicted octanol–water partition coefficient (Wildman–Crippen LogP) is 3.98. The number of aromatic amines is 1. The van der Waals surface area contributed by atoms with Crippen molar-refractivity contribution in [1.82, 2.24) is 9.55 Å². The number of halogens is 2. The second kappa shape index (κ2) is 5.40. The molecule has 1 N–H and O–H groups in total. The van der Waals surface area contributed by atoms with Gasteiger partial charge in [-0.3, -0.25) is 0 Å². The lowest BCUT2D eigenvalue weighted by molar-refractivity contribution is 0.535. The van der Waals surface area contributed by atoms with Gasteiger partial charge < -0.3 is 9.55 Å². The Labute approximate surface area is 113 Å². The van der Waals surface area contributed by atoms with Gasteiger partial charge in [0.05, 0.1) is 5.52 Å². The monoisotopic (exact) mass is 288 g/mol. The molecule has 0 aliphatic heterocycles. The van der Waals surface area contributed by atoms with E-state index in [1.54, 1.807) is 16.3 Å². The highest BCUT2D eigenvalue weighted by Gasteiger charge is 2.12. The first kappa shape index (κ1) is 13.5. The van der Waals surface area contributed by atoms with Gasteiger partial charge in [-0.2, -0.15) is 11.8 Å². The van der Waals surface area contributed by atoms with Gasteiger partial charge in [0.1, 0.15) is 11.3 Å². The zero-order chi connectivity index (χ0) is 13.3. The summed E-state index contributed by atoms with van der Waals surface area (Å²) in [5.74, 6) is 0.177. The van der Waals surface area contributed by atoms with Gasteiger partial charge in [-0.25, -0.2) is 8.78 Å². The Morgan fingerprint density at radius 3 is 2.83 bits per heavy atom. The van der Waals surface area contributed by atoms with Crippen molar-refractivity contribution in [3.63, 3.8) is 0 Å². The van der Waals surface area contributed by atoms with E-state index < -0.39 is 11.6 Å². The van der Waals surface area contributed by atoms with Crippen LogP contribution in [0.15, 0.2) is 12.1 Å². The molecule has 0 saturated carbocycles. The maximum atomic E-state index is 13.6. The molecule has 0 aliphatic carbocycles. The number of imidazole rings is 1. The molecular formula is C12H14F2N2S2. The van der Waals surface area contributed by atoms with Crippen LogP contribution in [0.25, 0.3) is 11.0 Å². The van der Waals surface area contributed by atoms with Crippen LogP contribution in [-0.4, -0.2) is 21.6 Å². The van der Waals surface area contributed by atoms with Crippen LogP contribution >= 0.6 is 24.0 Å². The number of fused-ring (bicyclic) bond motifs is 1. The third-order valence-corrected chi connectivity index (χ3v) is 3.97. The Bertz CT molecular complexity index is 618. The fourth-order valence-corrected chi connectivity index (χ4v) is 2.96. The number of nitrogens with one attached hydrogen (secondary N) is 1. The van der Waals surface area contributed by atoms with Crippen LogP contribution in [0.4, 0.5) is 8.78 Å². The van der Waals surface area contributed by atoms with Crippen molar-refractivity contribution in [2.45, 2.75) is 13.5 Å². The van der Waals surface area contributed by atoms with E-state index in [-0.39, 0.29) is 5.52 Å². The Kier molecular flexibility index (Phi) is 4.07. The topological polar surface area (TPSA) is 20.7 Å². The summed E-state index contributed by atoms with van der Waals surface area (Å²) in [7, 11) is 0. The summed E-state index contributed by atoms with van der Waals surface area (Å²) < 4.78 is 29.1. The lowest BCUT2D eigenvalue weighted by atomic mass is 10.2. The lowest BCUT2D eigenvalue weighted by Gasteiger charge is -2.11. The van der Waals surface area contributed by atoms with Gasteiger partial charge in [-0.1, -0.05) is 6.92 Å². The van der Waals surface area contributed by atoms with Crippen LogP contribution in [-0.2, 0) is 6.54 Å². The quantitative estimate of drug-likeness (QED) is 0.859. The van der Waals surface area contributed by atoms with Gasteiger partial charge >= 0.3 is 0 Å². The van der Waals surface area contributed by atoms with E-state index in [0.717, 1.165) is 11.8 Å². The third kappa shape index (κ3) is 2.59. The summed E-state index contributed by atoms with van der Waals surface area (Å²) in [4.78, 5) is 2.80. The van der Waals surface area contributed by atoms with E-state index in [1.165, 1.54) is 6.07 Å². The molecule has 1 heterocycles. The fourth-order valence-electron chi connectivity index (χ4n) is 2.01. The molecule has 0 fully saturated rings. The molecule has 2 nitrogen and oxygen atoms in total. The largest absolute Gasteiger partial charge is 0.328 e. The van der Waals surface area contributed by atoms with Crippen molar-refractivity contribution in [2.75, 3.05) is 12.0 Å². The maximum Gasteiger partial charge on any atom is 0.178 e. The number of aromatic nitrogens is 2. The molecule has 0 bridgehead atoms. The molecule has 1 aromatic carbocycles. The number of hydrogen-bond donors (Lipinski definition) is 1. The van der Waals surface area contributed by atoms with Crippen molar-refractivity contribution in [3.05, 3.63) is 28.5 Å². The zero-order valence-corrected chi connectivity index (χ0v) is 11.8. The van der Waals surface area contributed by atoms with Crippen LogP contribution < -0.4 is 0 Å². The average molecular weight is 288 g/mol. The molecule has 0 aliphatic rings. The van der Waals surface area contributed by atoms with Gasteiger partial charge in [0, 0.05) is 12.6 Å². The second-order valence-electron chi connectivity index (χ2n) is 4.38. The third-order valence-electron chi connectivity index (χ3n) is 2.75. The Morgan fingerprint density at radius 1 is 1.44 bits per heavy atom. The summed E-state index contributed by atoms with van der Waals surface area (Å²) >= 11 is 6.91. The number of benzene rings is 1. The van der Waals surface area contributed by atoms with Gasteiger partial charge in [0.2, 0.25) is 0 Å². The van der Waals surface area contributed by atoms with Crippen LogP contribution in [0.3, 0.4) is 0 Å². The van der Waals surface area contributed by atoms with Crippen molar-refractivity contribution in [2.24, 2.45) is 5.92 Å². The molecule has 18 heavy (non-hydrogen) atoms. The van der Waals surface area contributed by atoms with E-state index in [0.29, 0.717) is 22.8 Å². The molecular weight excluding hydrogens is 274 g/mol. The van der Waals surface area contributed by atoms with Crippen molar-refractivity contribution in [3.8, 4) is 0 Å². The van der Waals surface area contributed by atoms with E-state index in [1.807, 2.05) is 6.26 Å². The number of nitrogens with zero attached hydrogens (tertiary/aromatic N) is 1. The maximum absolute atomic E-state index is 13.6. The Hall–Kier alpha value is -0.880. The smallest absolute Gasteiger partial charge is 0.178 e. The first-order chi connectivity index (χ1) is 8.52. The summed E-state index contributed by atoms with van der Waals surface area (Å²) in [6, 6.07) is 2.18. The Balaban J connectivity index is 2.50. The van der Waals surface area contributed by atoms with Gasteiger partial charge in [0.15, 0.2) is 10.6 Å². The first-order valence-corrected chi connectivity index (χ1v) is 7.39. The standard InChI is InChI=1S/C12H14F2N2S2/c1-7(6-18-2)5-16-10-4-8(13)3-9(14)11(10)15-12(16)17/h3-4,7H,5-6H2,1-2H3,(H,15,17). The SMILES string of the molecule is CSCC(C)Cn1c(=S)[nH]c2c(F)cc(F)cc21. The molecule has 1 atom stereocenters. The molecule has 6 heteroatoms. The second-order valence-corrected chi connectivity index (χ2v) is 5.68. The molecule has 2 aromatic rings. The highest BCUT2D eigenvalue weighted by molar-refractivity contribution is 7.98. The van der Waals surface area contributed by atoms with Crippen molar-refractivity contribution in [1.29, 1.82) is 0 Å². The van der Waals surface area contributed by atoms with Crippen molar-refractivity contribution < 1.29 is 8.78 Å². The van der Waals surface area contributed by atoms with Gasteiger partial charge in [0.25, 0.3) is 0 Å².